The van der Waals surface area contributed by atoms with Crippen LogP contribution in [0.1, 0.15) is 36.5 Å². The van der Waals surface area contributed by atoms with Crippen LogP contribution in [0.15, 0.2) is 18.2 Å². The van der Waals surface area contributed by atoms with Gasteiger partial charge in [0.1, 0.15) is 5.78 Å². The van der Waals surface area contributed by atoms with E-state index in [1.165, 1.54) is 4.90 Å². The summed E-state index contributed by atoms with van der Waals surface area (Å²) in [7, 11) is 0. The van der Waals surface area contributed by atoms with E-state index in [1.54, 1.807) is 25.1 Å². The number of ketones is 2. The number of rotatable bonds is 5. The highest BCUT2D eigenvalue weighted by Gasteiger charge is 2.36. The molecule has 1 aliphatic heterocycles. The van der Waals surface area contributed by atoms with Crippen LogP contribution in [-0.4, -0.2) is 24.0 Å². The van der Waals surface area contributed by atoms with Crippen molar-refractivity contribution in [3.8, 4) is 0 Å². The van der Waals surface area contributed by atoms with E-state index in [1.807, 2.05) is 0 Å². The molecule has 1 aliphatic rings. The molecule has 0 saturated heterocycles. The van der Waals surface area contributed by atoms with Crippen LogP contribution in [0.3, 0.4) is 0 Å². The normalized spacial score (nSPS) is 13.9. The predicted octanol–water partition coefficient (Wildman–Crippen LogP) is 2.63. The summed E-state index contributed by atoms with van der Waals surface area (Å²) >= 11 is 5.95. The van der Waals surface area contributed by atoms with Gasteiger partial charge in [0.25, 0.3) is 11.7 Å². The van der Waals surface area contributed by atoms with Crippen molar-refractivity contribution in [3.05, 3.63) is 28.8 Å². The first-order valence-electron chi connectivity index (χ1n) is 6.16. The molecule has 0 unspecified atom stereocenters. The van der Waals surface area contributed by atoms with Gasteiger partial charge in [0.05, 0.1) is 16.3 Å². The molecule has 5 heteroatoms. The van der Waals surface area contributed by atoms with E-state index in [9.17, 15) is 14.4 Å². The molecule has 0 spiro atoms. The SMILES string of the molecule is CC(=O)CCCCN1C(=O)C(=O)c2c(Cl)cccc21. The van der Waals surface area contributed by atoms with Crippen LogP contribution in [0.2, 0.25) is 5.02 Å². The number of nitrogens with zero attached hydrogens (tertiary/aromatic N) is 1. The van der Waals surface area contributed by atoms with Gasteiger partial charge >= 0.3 is 0 Å². The Hall–Kier alpha value is -1.68. The van der Waals surface area contributed by atoms with Gasteiger partial charge in [-0.2, -0.15) is 0 Å². The summed E-state index contributed by atoms with van der Waals surface area (Å²) < 4.78 is 0. The van der Waals surface area contributed by atoms with Crippen molar-refractivity contribution in [2.75, 3.05) is 11.4 Å². The van der Waals surface area contributed by atoms with Gasteiger partial charge in [-0.25, -0.2) is 0 Å². The van der Waals surface area contributed by atoms with Gasteiger partial charge in [-0.05, 0) is 31.9 Å². The minimum Gasteiger partial charge on any atom is -0.305 e. The number of unbranched alkanes of at least 4 members (excludes halogenated alkanes) is 1. The van der Waals surface area contributed by atoms with Crippen molar-refractivity contribution in [2.45, 2.75) is 26.2 Å². The Bertz CT molecular complexity index is 554. The topological polar surface area (TPSA) is 54.5 Å². The van der Waals surface area contributed by atoms with Crippen LogP contribution in [-0.2, 0) is 9.59 Å². The van der Waals surface area contributed by atoms with Crippen molar-refractivity contribution < 1.29 is 14.4 Å². The van der Waals surface area contributed by atoms with Gasteiger partial charge in [-0.1, -0.05) is 17.7 Å². The van der Waals surface area contributed by atoms with Crippen LogP contribution >= 0.6 is 11.6 Å². The lowest BCUT2D eigenvalue weighted by Gasteiger charge is -2.16. The van der Waals surface area contributed by atoms with E-state index in [2.05, 4.69) is 0 Å². The molecule has 0 bridgehead atoms. The predicted molar refractivity (Wildman–Crippen MR) is 72.7 cm³/mol. The first-order valence-corrected chi connectivity index (χ1v) is 6.54. The van der Waals surface area contributed by atoms with Crippen LogP contribution in [0.25, 0.3) is 0 Å². The Labute approximate surface area is 116 Å². The Balaban J connectivity index is 2.11. The number of Topliss-reactive ketones (excluding diaryl/α,β-unsaturated/α-hetero) is 2. The number of fused-ring (bicyclic) bond motifs is 1. The average Bonchev–Trinajstić information content (AvgIpc) is 2.60. The third-order valence-corrected chi connectivity index (χ3v) is 3.42. The zero-order valence-electron chi connectivity index (χ0n) is 10.6. The number of benzene rings is 1. The number of hydrogen-bond acceptors (Lipinski definition) is 3. The van der Waals surface area contributed by atoms with E-state index in [0.717, 1.165) is 0 Å². The second kappa shape index (κ2) is 5.53. The van der Waals surface area contributed by atoms with Gasteiger partial charge in [-0.3, -0.25) is 9.59 Å². The summed E-state index contributed by atoms with van der Waals surface area (Å²) in [6, 6.07) is 5.04. The fourth-order valence-electron chi connectivity index (χ4n) is 2.17. The summed E-state index contributed by atoms with van der Waals surface area (Å²) in [5, 5.41) is 0.307. The zero-order chi connectivity index (χ0) is 14.0. The minimum atomic E-state index is -0.549. The Morgan fingerprint density at radius 3 is 2.68 bits per heavy atom. The maximum atomic E-state index is 11.9. The number of carbonyl (C=O) groups is 3. The first kappa shape index (κ1) is 13.7. The monoisotopic (exact) mass is 279 g/mol. The number of amides is 1. The molecule has 1 aromatic carbocycles. The lowest BCUT2D eigenvalue weighted by molar-refractivity contribution is -0.117. The van der Waals surface area contributed by atoms with Gasteiger partial charge in [0.2, 0.25) is 0 Å². The lowest BCUT2D eigenvalue weighted by atomic mass is 10.1. The summed E-state index contributed by atoms with van der Waals surface area (Å²) in [4.78, 5) is 36.0. The van der Waals surface area contributed by atoms with Crippen LogP contribution < -0.4 is 4.90 Å². The summed E-state index contributed by atoms with van der Waals surface area (Å²) in [6.45, 7) is 1.98. The summed E-state index contributed by atoms with van der Waals surface area (Å²) in [5.74, 6) is -0.953. The molecule has 100 valence electrons. The molecule has 0 aliphatic carbocycles. The molecular formula is C14H14ClNO3. The van der Waals surface area contributed by atoms with Crippen molar-refractivity contribution in [3.63, 3.8) is 0 Å². The Kier molecular flexibility index (Phi) is 4.00. The molecule has 0 saturated carbocycles. The zero-order valence-corrected chi connectivity index (χ0v) is 11.4. The van der Waals surface area contributed by atoms with Crippen LogP contribution in [0.4, 0.5) is 5.69 Å². The van der Waals surface area contributed by atoms with E-state index < -0.39 is 11.7 Å². The van der Waals surface area contributed by atoms with Crippen LogP contribution in [0, 0.1) is 0 Å². The van der Waals surface area contributed by atoms with E-state index in [-0.39, 0.29) is 5.78 Å². The molecule has 0 fully saturated rings. The van der Waals surface area contributed by atoms with E-state index in [0.29, 0.717) is 42.1 Å². The minimum absolute atomic E-state index is 0.132. The summed E-state index contributed by atoms with van der Waals surface area (Å²) in [6.07, 6.45) is 1.89. The third kappa shape index (κ3) is 2.68. The molecule has 0 aromatic heterocycles. The second-order valence-corrected chi connectivity index (χ2v) is 4.99. The average molecular weight is 280 g/mol. The molecule has 0 N–H and O–H groups in total. The number of carbonyl (C=O) groups excluding carboxylic acids is 3. The number of halogens is 1. The maximum absolute atomic E-state index is 11.9. The highest BCUT2D eigenvalue weighted by atomic mass is 35.5. The lowest BCUT2D eigenvalue weighted by Crippen LogP contribution is -2.30. The number of anilines is 1. The Morgan fingerprint density at radius 2 is 2.00 bits per heavy atom. The molecular weight excluding hydrogens is 266 g/mol. The molecule has 1 aromatic rings. The fraction of sp³-hybridized carbons (Fsp3) is 0.357. The number of hydrogen-bond donors (Lipinski definition) is 0. The molecule has 4 nitrogen and oxygen atoms in total. The largest absolute Gasteiger partial charge is 0.305 e. The van der Waals surface area contributed by atoms with Crippen molar-refractivity contribution in [2.24, 2.45) is 0 Å². The fourth-order valence-corrected chi connectivity index (χ4v) is 2.42. The molecule has 1 heterocycles. The van der Waals surface area contributed by atoms with E-state index in [4.69, 9.17) is 11.6 Å². The first-order chi connectivity index (χ1) is 9.02. The molecule has 19 heavy (non-hydrogen) atoms. The molecule has 0 radical (unpaired) electrons. The van der Waals surface area contributed by atoms with Gasteiger partial charge in [-0.15, -0.1) is 0 Å². The highest BCUT2D eigenvalue weighted by molar-refractivity contribution is 6.55. The van der Waals surface area contributed by atoms with Crippen molar-refractivity contribution in [1.82, 2.24) is 0 Å². The van der Waals surface area contributed by atoms with Crippen LogP contribution in [0.5, 0.6) is 0 Å². The maximum Gasteiger partial charge on any atom is 0.299 e. The smallest absolute Gasteiger partial charge is 0.299 e. The van der Waals surface area contributed by atoms with Crippen molar-refractivity contribution >= 4 is 34.8 Å². The highest BCUT2D eigenvalue weighted by Crippen LogP contribution is 2.34. The molecule has 1 amide bonds. The van der Waals surface area contributed by atoms with Gasteiger partial charge < -0.3 is 9.69 Å². The second-order valence-electron chi connectivity index (χ2n) is 4.58. The molecule has 2 rings (SSSR count). The van der Waals surface area contributed by atoms with Gasteiger partial charge in [0, 0.05) is 13.0 Å². The van der Waals surface area contributed by atoms with Crippen molar-refractivity contribution in [1.29, 1.82) is 0 Å². The molecule has 0 atom stereocenters. The third-order valence-electron chi connectivity index (χ3n) is 3.11. The Morgan fingerprint density at radius 1 is 1.26 bits per heavy atom. The standard InChI is InChI=1S/C14H14ClNO3/c1-9(17)5-2-3-8-16-11-7-4-6-10(15)12(11)13(18)14(16)19/h4,6-7H,2-3,5,8H2,1H3. The summed E-state index contributed by atoms with van der Waals surface area (Å²) in [5.41, 5.74) is 0.867. The quantitative estimate of drug-likeness (QED) is 0.615. The van der Waals surface area contributed by atoms with Gasteiger partial charge in [0.15, 0.2) is 0 Å². The van der Waals surface area contributed by atoms with E-state index >= 15 is 0 Å².